The van der Waals surface area contributed by atoms with Gasteiger partial charge in [0, 0.05) is 50.0 Å². The van der Waals surface area contributed by atoms with Gasteiger partial charge in [0.05, 0.1) is 11.4 Å². The second-order valence-electron chi connectivity index (χ2n) is 11.1. The summed E-state index contributed by atoms with van der Waals surface area (Å²) in [6, 6.07) is 7.15. The van der Waals surface area contributed by atoms with Gasteiger partial charge in [-0.1, -0.05) is 12.8 Å². The Bertz CT molecular complexity index is 988. The number of fused-ring (bicyclic) bond motifs is 1. The highest BCUT2D eigenvalue weighted by molar-refractivity contribution is 7.99. The van der Waals surface area contributed by atoms with Gasteiger partial charge in [0.15, 0.2) is 5.78 Å². The molecule has 1 aromatic carbocycles. The van der Waals surface area contributed by atoms with Crippen LogP contribution in [0.15, 0.2) is 24.3 Å². The zero-order chi connectivity index (χ0) is 26.1. The predicted octanol–water partition coefficient (Wildman–Crippen LogP) is 2.42. The second-order valence-corrected chi connectivity index (χ2v) is 12.2. The van der Waals surface area contributed by atoms with E-state index in [0.29, 0.717) is 18.2 Å². The lowest BCUT2D eigenvalue weighted by atomic mass is 9.95. The molecule has 1 aromatic rings. The van der Waals surface area contributed by atoms with Gasteiger partial charge in [0.25, 0.3) is 5.91 Å². The molecule has 4 atom stereocenters. The third-order valence-corrected chi connectivity index (χ3v) is 9.71. The maximum absolute atomic E-state index is 13.9. The summed E-state index contributed by atoms with van der Waals surface area (Å²) in [4.78, 5) is 46.4. The number of hydrogen-bond acceptors (Lipinski definition) is 7. The van der Waals surface area contributed by atoms with Crippen molar-refractivity contribution in [1.29, 1.82) is 0 Å². The molecule has 202 valence electrons. The lowest BCUT2D eigenvalue weighted by Gasteiger charge is -2.38. The van der Waals surface area contributed by atoms with E-state index in [1.807, 2.05) is 30.5 Å². The summed E-state index contributed by atoms with van der Waals surface area (Å²) in [7, 11) is 0. The van der Waals surface area contributed by atoms with Crippen molar-refractivity contribution in [2.45, 2.75) is 69.0 Å². The molecule has 0 spiro atoms. The molecular weight excluding hydrogens is 488 g/mol. The molecule has 0 aromatic heterocycles. The number of nitrogens with zero attached hydrogens (tertiary/aromatic N) is 3. The summed E-state index contributed by atoms with van der Waals surface area (Å²) in [5.41, 5.74) is 1.68. The molecule has 3 heterocycles. The van der Waals surface area contributed by atoms with Crippen LogP contribution in [-0.4, -0.2) is 102 Å². The fourth-order valence-corrected chi connectivity index (χ4v) is 7.25. The van der Waals surface area contributed by atoms with Gasteiger partial charge in [0.1, 0.15) is 18.7 Å². The number of nitrogens with one attached hydrogen (secondary N) is 1. The number of piperazine rings is 1. The standard InChI is InChI=1S/C28H40N4O4S/c1-18(2)30-12-14-31(15-13-30)21-10-8-20(9-11-21)27(34)29-24(19-6-4-5-7-19)28(35)32-16-23(37-3)26-25(32)22(33)17-36-26/h8-11,18-19,23-26H,4-7,12-17H2,1-3H3,(H,29,34)/t23-,24-,25+,26+/m0/s1. The van der Waals surface area contributed by atoms with Crippen molar-refractivity contribution in [2.75, 3.05) is 50.5 Å². The summed E-state index contributed by atoms with van der Waals surface area (Å²) < 4.78 is 5.75. The highest BCUT2D eigenvalue weighted by Gasteiger charge is 2.53. The number of thioether (sulfide) groups is 1. The number of carbonyl (C=O) groups is 3. The monoisotopic (exact) mass is 528 g/mol. The van der Waals surface area contributed by atoms with E-state index in [1.165, 1.54) is 0 Å². The Labute approximate surface area is 224 Å². The number of ether oxygens (including phenoxy) is 1. The van der Waals surface area contributed by atoms with Crippen LogP contribution < -0.4 is 10.2 Å². The van der Waals surface area contributed by atoms with Gasteiger partial charge >= 0.3 is 0 Å². The van der Waals surface area contributed by atoms with E-state index in [-0.39, 0.29) is 41.5 Å². The number of ketones is 1. The van der Waals surface area contributed by atoms with E-state index >= 15 is 0 Å². The molecule has 1 saturated carbocycles. The maximum Gasteiger partial charge on any atom is 0.251 e. The Hall–Kier alpha value is -2.10. The number of benzene rings is 1. The first-order valence-corrected chi connectivity index (χ1v) is 15.0. The van der Waals surface area contributed by atoms with Gasteiger partial charge in [-0.05, 0) is 63.1 Å². The first kappa shape index (κ1) is 26.5. The molecule has 4 aliphatic rings. The number of carbonyl (C=O) groups excluding carboxylic acids is 3. The molecule has 4 fully saturated rings. The SMILES string of the molecule is CS[C@H]1CN(C(=O)[C@@H](NC(=O)c2ccc(N3CCN(C(C)C)CC3)cc2)C2CCCC2)[C@@H]2C(=O)CO[C@H]12. The van der Waals surface area contributed by atoms with Crippen LogP contribution in [0.1, 0.15) is 49.9 Å². The molecule has 0 radical (unpaired) electrons. The first-order valence-electron chi connectivity index (χ1n) is 13.7. The minimum Gasteiger partial charge on any atom is -0.369 e. The van der Waals surface area contributed by atoms with Crippen LogP contribution >= 0.6 is 11.8 Å². The number of hydrogen-bond donors (Lipinski definition) is 1. The van der Waals surface area contributed by atoms with Crippen LogP contribution in [0.5, 0.6) is 0 Å². The lowest BCUT2D eigenvalue weighted by Crippen LogP contribution is -2.54. The van der Waals surface area contributed by atoms with E-state index in [2.05, 4.69) is 29.0 Å². The molecule has 3 aliphatic heterocycles. The summed E-state index contributed by atoms with van der Waals surface area (Å²) in [6.07, 6.45) is 5.69. The molecule has 37 heavy (non-hydrogen) atoms. The maximum atomic E-state index is 13.9. The molecule has 0 bridgehead atoms. The molecule has 1 N–H and O–H groups in total. The summed E-state index contributed by atoms with van der Waals surface area (Å²) >= 11 is 1.64. The topological polar surface area (TPSA) is 82.2 Å². The first-order chi connectivity index (χ1) is 17.9. The summed E-state index contributed by atoms with van der Waals surface area (Å²) in [6.45, 7) is 9.03. The lowest BCUT2D eigenvalue weighted by molar-refractivity contribution is -0.139. The smallest absolute Gasteiger partial charge is 0.251 e. The van der Waals surface area contributed by atoms with E-state index in [9.17, 15) is 14.4 Å². The van der Waals surface area contributed by atoms with E-state index in [4.69, 9.17) is 4.74 Å². The molecule has 2 amide bonds. The molecule has 3 saturated heterocycles. The number of rotatable bonds is 7. The Balaban J connectivity index is 1.27. The third kappa shape index (κ3) is 5.40. The molecule has 9 heteroatoms. The van der Waals surface area contributed by atoms with Gasteiger partial charge in [-0.25, -0.2) is 0 Å². The van der Waals surface area contributed by atoms with Crippen molar-refractivity contribution in [3.63, 3.8) is 0 Å². The van der Waals surface area contributed by atoms with E-state index < -0.39 is 12.1 Å². The van der Waals surface area contributed by atoms with Gasteiger partial charge in [0.2, 0.25) is 5.91 Å². The van der Waals surface area contributed by atoms with Crippen molar-refractivity contribution < 1.29 is 19.1 Å². The van der Waals surface area contributed by atoms with Crippen LogP contribution in [0, 0.1) is 5.92 Å². The summed E-state index contributed by atoms with van der Waals surface area (Å²) in [5, 5.41) is 3.17. The van der Waals surface area contributed by atoms with Crippen molar-refractivity contribution >= 4 is 35.0 Å². The van der Waals surface area contributed by atoms with Gasteiger partial charge in [-0.3, -0.25) is 19.3 Å². The highest BCUT2D eigenvalue weighted by Crippen LogP contribution is 2.36. The van der Waals surface area contributed by atoms with Crippen molar-refractivity contribution in [3.8, 4) is 0 Å². The molecular formula is C28H40N4O4S. The number of anilines is 1. The van der Waals surface area contributed by atoms with Gasteiger partial charge < -0.3 is 19.9 Å². The number of amides is 2. The van der Waals surface area contributed by atoms with E-state index in [1.54, 1.807) is 16.7 Å². The Kier molecular flexibility index (Phi) is 8.12. The average Bonchev–Trinajstić information content (AvgIpc) is 3.66. The zero-order valence-corrected chi connectivity index (χ0v) is 23.0. The van der Waals surface area contributed by atoms with Crippen molar-refractivity contribution in [3.05, 3.63) is 29.8 Å². The zero-order valence-electron chi connectivity index (χ0n) is 22.2. The van der Waals surface area contributed by atoms with Crippen molar-refractivity contribution in [2.24, 2.45) is 5.92 Å². The van der Waals surface area contributed by atoms with Crippen LogP contribution in [0.25, 0.3) is 0 Å². The predicted molar refractivity (Wildman–Crippen MR) is 146 cm³/mol. The van der Waals surface area contributed by atoms with E-state index in [0.717, 1.165) is 57.5 Å². The van der Waals surface area contributed by atoms with Gasteiger partial charge in [-0.2, -0.15) is 11.8 Å². The van der Waals surface area contributed by atoms with Crippen LogP contribution in [0.4, 0.5) is 5.69 Å². The van der Waals surface area contributed by atoms with Gasteiger partial charge in [-0.15, -0.1) is 0 Å². The third-order valence-electron chi connectivity index (χ3n) is 8.69. The minimum atomic E-state index is -0.617. The molecule has 1 aliphatic carbocycles. The fraction of sp³-hybridized carbons (Fsp3) is 0.679. The fourth-order valence-electron chi connectivity index (χ4n) is 6.44. The number of Topliss-reactive ketones (excluding diaryl/α,β-unsaturated/α-hetero) is 1. The number of likely N-dealkylation sites (tertiary alicyclic amines) is 1. The van der Waals surface area contributed by atoms with Crippen molar-refractivity contribution in [1.82, 2.24) is 15.1 Å². The Morgan fingerprint density at radius 3 is 2.35 bits per heavy atom. The van der Waals surface area contributed by atoms with Crippen LogP contribution in [0.3, 0.4) is 0 Å². The normalized spacial score (nSPS) is 27.7. The van der Waals surface area contributed by atoms with Crippen LogP contribution in [0.2, 0.25) is 0 Å². The van der Waals surface area contributed by atoms with Crippen LogP contribution in [-0.2, 0) is 14.3 Å². The highest BCUT2D eigenvalue weighted by atomic mass is 32.2. The molecule has 8 nitrogen and oxygen atoms in total. The second kappa shape index (κ2) is 11.3. The minimum absolute atomic E-state index is 0.0313. The molecule has 5 rings (SSSR count). The largest absolute Gasteiger partial charge is 0.369 e. The Morgan fingerprint density at radius 1 is 1.05 bits per heavy atom. The average molecular weight is 529 g/mol. The summed E-state index contributed by atoms with van der Waals surface area (Å²) in [5.74, 6) is -0.300. The molecule has 0 unspecified atom stereocenters. The quantitative estimate of drug-likeness (QED) is 0.582. The Morgan fingerprint density at radius 2 is 1.73 bits per heavy atom.